The minimum Gasteiger partial charge on any atom is -0.381 e. The van der Waals surface area contributed by atoms with Gasteiger partial charge in [-0.2, -0.15) is 5.10 Å². The minimum absolute atomic E-state index is 0.167. The van der Waals surface area contributed by atoms with E-state index in [-0.39, 0.29) is 17.9 Å². The van der Waals surface area contributed by atoms with E-state index in [1.165, 1.54) is 0 Å². The molecular weight excluding hydrogens is 332 g/mol. The van der Waals surface area contributed by atoms with Gasteiger partial charge in [-0.25, -0.2) is 14.5 Å². The number of carbonyl (C=O) groups is 1. The maximum Gasteiger partial charge on any atom is 0.257 e. The van der Waals surface area contributed by atoms with Crippen molar-refractivity contribution >= 4 is 11.6 Å². The highest BCUT2D eigenvalue weighted by Gasteiger charge is 2.31. The van der Waals surface area contributed by atoms with E-state index in [0.717, 1.165) is 25.2 Å². The van der Waals surface area contributed by atoms with Gasteiger partial charge >= 0.3 is 0 Å². The van der Waals surface area contributed by atoms with Gasteiger partial charge < -0.3 is 14.6 Å². The molecule has 136 valence electrons. The van der Waals surface area contributed by atoms with Gasteiger partial charge in [0.05, 0.1) is 12.2 Å². The van der Waals surface area contributed by atoms with Crippen LogP contribution in [0.4, 0.5) is 0 Å². The molecule has 0 saturated carbocycles. The molecule has 8 heteroatoms. The summed E-state index contributed by atoms with van der Waals surface area (Å²) in [4.78, 5) is 21.8. The highest BCUT2D eigenvalue weighted by molar-refractivity contribution is 5.99. The Morgan fingerprint density at radius 3 is 2.96 bits per heavy atom. The molecule has 3 aromatic heterocycles. The van der Waals surface area contributed by atoms with Gasteiger partial charge in [-0.3, -0.25) is 4.79 Å². The maximum absolute atomic E-state index is 13.0. The van der Waals surface area contributed by atoms with Gasteiger partial charge in [0.15, 0.2) is 5.65 Å². The fraction of sp³-hybridized carbons (Fsp3) is 0.444. The summed E-state index contributed by atoms with van der Waals surface area (Å²) in [5.41, 5.74) is 1.02. The summed E-state index contributed by atoms with van der Waals surface area (Å²) in [6.07, 6.45) is 10.5. The molecule has 3 aromatic rings. The van der Waals surface area contributed by atoms with Crippen LogP contribution in [0.25, 0.3) is 5.65 Å². The predicted octanol–water partition coefficient (Wildman–Crippen LogP) is 1.84. The molecule has 0 unspecified atom stereocenters. The summed E-state index contributed by atoms with van der Waals surface area (Å²) in [5.74, 6) is 0.994. The Morgan fingerprint density at radius 2 is 2.15 bits per heavy atom. The number of carbonyl (C=O) groups excluding carboxylic acids is 1. The fourth-order valence-electron chi connectivity index (χ4n) is 3.52. The first-order valence-corrected chi connectivity index (χ1v) is 8.96. The van der Waals surface area contributed by atoms with E-state index in [2.05, 4.69) is 31.9 Å². The van der Waals surface area contributed by atoms with E-state index >= 15 is 0 Å². The Kier molecular flexibility index (Phi) is 4.66. The Balaban J connectivity index is 1.64. The number of imidazole rings is 1. The molecule has 26 heavy (non-hydrogen) atoms. The molecule has 1 fully saturated rings. The predicted molar refractivity (Wildman–Crippen MR) is 94.6 cm³/mol. The first-order valence-electron chi connectivity index (χ1n) is 8.96. The Bertz CT molecular complexity index is 896. The van der Waals surface area contributed by atoms with Gasteiger partial charge in [-0.05, 0) is 31.7 Å². The Hall–Kier alpha value is -2.74. The lowest BCUT2D eigenvalue weighted by molar-refractivity contribution is 0.0498. The van der Waals surface area contributed by atoms with Crippen LogP contribution in [0.15, 0.2) is 37.1 Å². The number of aryl methyl sites for hydroxylation is 1. The number of nitrogens with one attached hydrogen (secondary N) is 1. The van der Waals surface area contributed by atoms with Crippen LogP contribution in [-0.2, 0) is 11.3 Å². The number of fused-ring (bicyclic) bond motifs is 1. The van der Waals surface area contributed by atoms with Gasteiger partial charge in [0.1, 0.15) is 11.4 Å². The smallest absolute Gasteiger partial charge is 0.257 e. The second-order valence-corrected chi connectivity index (χ2v) is 6.42. The number of amides is 1. The van der Waals surface area contributed by atoms with Gasteiger partial charge in [-0.1, -0.05) is 0 Å². The molecule has 8 nitrogen and oxygen atoms in total. The molecule has 1 aliphatic rings. The van der Waals surface area contributed by atoms with Crippen molar-refractivity contribution in [3.05, 3.63) is 48.4 Å². The Morgan fingerprint density at radius 1 is 1.31 bits per heavy atom. The first-order chi connectivity index (χ1) is 12.8. The third-order valence-corrected chi connectivity index (χ3v) is 4.91. The molecule has 1 aliphatic heterocycles. The van der Waals surface area contributed by atoms with Crippen molar-refractivity contribution in [1.29, 1.82) is 0 Å². The maximum atomic E-state index is 13.0. The number of nitrogens with zero attached hydrogens (tertiary/aromatic N) is 5. The van der Waals surface area contributed by atoms with Gasteiger partial charge in [0, 0.05) is 44.5 Å². The lowest BCUT2D eigenvalue weighted by Crippen LogP contribution is -2.37. The summed E-state index contributed by atoms with van der Waals surface area (Å²) in [6.45, 7) is 4.30. The molecule has 0 aliphatic carbocycles. The second-order valence-electron chi connectivity index (χ2n) is 6.42. The van der Waals surface area contributed by atoms with Crippen molar-refractivity contribution in [2.24, 2.45) is 5.92 Å². The zero-order chi connectivity index (χ0) is 17.9. The van der Waals surface area contributed by atoms with Crippen molar-refractivity contribution in [2.45, 2.75) is 32.4 Å². The van der Waals surface area contributed by atoms with Crippen LogP contribution in [-0.4, -0.2) is 43.3 Å². The highest BCUT2D eigenvalue weighted by Crippen LogP contribution is 2.30. The molecule has 4 heterocycles. The van der Waals surface area contributed by atoms with Crippen LogP contribution in [0.3, 0.4) is 0 Å². The average molecular weight is 354 g/mol. The van der Waals surface area contributed by atoms with Crippen LogP contribution >= 0.6 is 0 Å². The van der Waals surface area contributed by atoms with E-state index in [1.807, 2.05) is 6.20 Å². The van der Waals surface area contributed by atoms with E-state index in [1.54, 1.807) is 35.4 Å². The molecule has 1 saturated heterocycles. The molecular formula is C18H22N6O2. The number of hydrogen-bond donors (Lipinski definition) is 1. The zero-order valence-electron chi connectivity index (χ0n) is 14.7. The molecule has 0 radical (unpaired) electrons. The van der Waals surface area contributed by atoms with Crippen molar-refractivity contribution < 1.29 is 9.53 Å². The van der Waals surface area contributed by atoms with E-state index in [9.17, 15) is 4.79 Å². The van der Waals surface area contributed by atoms with E-state index in [4.69, 9.17) is 4.74 Å². The number of hydrogen-bond acceptors (Lipinski definition) is 5. The highest BCUT2D eigenvalue weighted by atomic mass is 16.5. The molecule has 0 aromatic carbocycles. The zero-order valence-corrected chi connectivity index (χ0v) is 14.7. The average Bonchev–Trinajstić information content (AvgIpc) is 3.33. The van der Waals surface area contributed by atoms with Gasteiger partial charge in [-0.15, -0.1) is 0 Å². The van der Waals surface area contributed by atoms with Crippen LogP contribution in [0, 0.1) is 5.92 Å². The van der Waals surface area contributed by atoms with Crippen molar-refractivity contribution in [1.82, 2.24) is 29.5 Å². The van der Waals surface area contributed by atoms with Gasteiger partial charge in [0.2, 0.25) is 0 Å². The SMILES string of the molecule is CCn1ccnc1[C@@H](NC(=O)c1cnn2cccnc12)C1CCOCC1. The number of rotatable bonds is 5. The van der Waals surface area contributed by atoms with Crippen molar-refractivity contribution in [3.8, 4) is 0 Å². The molecule has 1 amide bonds. The monoisotopic (exact) mass is 354 g/mol. The van der Waals surface area contributed by atoms with Gasteiger partial charge in [0.25, 0.3) is 5.91 Å². The molecule has 4 rings (SSSR count). The first kappa shape index (κ1) is 16.7. The molecule has 0 spiro atoms. The minimum atomic E-state index is -0.180. The molecule has 1 N–H and O–H groups in total. The lowest BCUT2D eigenvalue weighted by atomic mass is 9.90. The summed E-state index contributed by atoms with van der Waals surface area (Å²) < 4.78 is 9.18. The fourth-order valence-corrected chi connectivity index (χ4v) is 3.52. The summed E-state index contributed by atoms with van der Waals surface area (Å²) in [6, 6.07) is 1.62. The largest absolute Gasteiger partial charge is 0.381 e. The van der Waals surface area contributed by atoms with E-state index in [0.29, 0.717) is 24.4 Å². The van der Waals surface area contributed by atoms with Crippen LogP contribution in [0.1, 0.15) is 42.0 Å². The lowest BCUT2D eigenvalue weighted by Gasteiger charge is -2.30. The van der Waals surface area contributed by atoms with Crippen LogP contribution in [0.2, 0.25) is 0 Å². The third-order valence-electron chi connectivity index (χ3n) is 4.91. The molecule has 1 atom stereocenters. The standard InChI is InChI=1S/C18H22N6O2/c1-2-23-9-7-20-17(23)15(13-4-10-26-11-5-13)22-18(25)14-12-21-24-8-3-6-19-16(14)24/h3,6-9,12-13,15H,2,4-5,10-11H2,1H3,(H,22,25)/t15-/m0/s1. The van der Waals surface area contributed by atoms with Crippen molar-refractivity contribution in [2.75, 3.05) is 13.2 Å². The topological polar surface area (TPSA) is 86.3 Å². The molecule has 0 bridgehead atoms. The number of aromatic nitrogens is 5. The summed E-state index contributed by atoms with van der Waals surface area (Å²) >= 11 is 0. The summed E-state index contributed by atoms with van der Waals surface area (Å²) in [7, 11) is 0. The quantitative estimate of drug-likeness (QED) is 0.756. The third kappa shape index (κ3) is 3.08. The van der Waals surface area contributed by atoms with E-state index < -0.39 is 0 Å². The number of ether oxygens (including phenoxy) is 1. The van der Waals surface area contributed by atoms with Crippen LogP contribution in [0.5, 0.6) is 0 Å². The van der Waals surface area contributed by atoms with Crippen molar-refractivity contribution in [3.63, 3.8) is 0 Å². The summed E-state index contributed by atoms with van der Waals surface area (Å²) in [5, 5.41) is 7.40. The Labute approximate surface area is 151 Å². The normalized spacial score (nSPS) is 16.7. The van der Waals surface area contributed by atoms with Crippen LogP contribution < -0.4 is 5.32 Å². The second kappa shape index (κ2) is 7.25.